The predicted octanol–water partition coefficient (Wildman–Crippen LogP) is 5.30. The Morgan fingerprint density at radius 2 is 1.52 bits per heavy atom. The lowest BCUT2D eigenvalue weighted by atomic mass is 10.2. The highest BCUT2D eigenvalue weighted by Gasteiger charge is 2.07. The standard InChI is InChI=1S/C7H4BrIO2.C7H6BrIO/c8-6-2-1-4(9)3-5(6)7(10)11;8-7-2-1-6(9)3-5(7)4-10/h1-3H,(H,10,11);1-3,10H,4H2. The van der Waals surface area contributed by atoms with E-state index in [4.69, 9.17) is 10.2 Å². The third-order valence-corrected chi connectivity index (χ3v) is 5.14. The first-order chi connectivity index (χ1) is 9.85. The Balaban J connectivity index is 0.000000211. The van der Waals surface area contributed by atoms with Crippen LogP contribution in [0.15, 0.2) is 45.3 Å². The van der Waals surface area contributed by atoms with Crippen LogP contribution in [-0.4, -0.2) is 16.2 Å². The first kappa shape index (κ1) is 19.3. The van der Waals surface area contributed by atoms with E-state index in [-0.39, 0.29) is 6.61 Å². The average Bonchev–Trinajstić information content (AvgIpc) is 2.44. The molecule has 7 heteroatoms. The fourth-order valence-corrected chi connectivity index (χ4v) is 3.16. The van der Waals surface area contributed by atoms with Gasteiger partial charge in [-0.3, -0.25) is 0 Å². The molecule has 0 radical (unpaired) electrons. The van der Waals surface area contributed by atoms with E-state index >= 15 is 0 Å². The van der Waals surface area contributed by atoms with Crippen LogP contribution < -0.4 is 0 Å². The molecule has 3 nitrogen and oxygen atoms in total. The summed E-state index contributed by atoms with van der Waals surface area (Å²) in [6, 6.07) is 11.1. The number of aliphatic hydroxyl groups excluding tert-OH is 1. The van der Waals surface area contributed by atoms with E-state index in [1.165, 1.54) is 0 Å². The second-order valence-corrected chi connectivity index (χ2v) is 8.02. The second kappa shape index (κ2) is 9.43. The van der Waals surface area contributed by atoms with Crippen LogP contribution in [0, 0.1) is 7.14 Å². The zero-order chi connectivity index (χ0) is 16.0. The number of halogens is 4. The van der Waals surface area contributed by atoms with Crippen molar-refractivity contribution in [3.05, 3.63) is 63.6 Å². The lowest BCUT2D eigenvalue weighted by molar-refractivity contribution is 0.0696. The van der Waals surface area contributed by atoms with E-state index in [0.717, 1.165) is 17.2 Å². The number of rotatable bonds is 2. The number of hydrogen-bond acceptors (Lipinski definition) is 2. The van der Waals surface area contributed by atoms with E-state index in [2.05, 4.69) is 77.0 Å². The third kappa shape index (κ3) is 6.51. The summed E-state index contributed by atoms with van der Waals surface area (Å²) >= 11 is 10.8. The highest BCUT2D eigenvalue weighted by atomic mass is 127. The van der Waals surface area contributed by atoms with Gasteiger partial charge in [0.1, 0.15) is 0 Å². The van der Waals surface area contributed by atoms with Crippen molar-refractivity contribution < 1.29 is 15.0 Å². The maximum Gasteiger partial charge on any atom is 0.336 e. The molecule has 2 N–H and O–H groups in total. The smallest absolute Gasteiger partial charge is 0.336 e. The van der Waals surface area contributed by atoms with Crippen LogP contribution in [0.1, 0.15) is 15.9 Å². The van der Waals surface area contributed by atoms with Crippen molar-refractivity contribution in [2.24, 2.45) is 0 Å². The molecule has 0 saturated heterocycles. The van der Waals surface area contributed by atoms with Crippen LogP contribution >= 0.6 is 77.0 Å². The molecule has 0 atom stereocenters. The van der Waals surface area contributed by atoms with Gasteiger partial charge in [0.15, 0.2) is 0 Å². The average molecular weight is 640 g/mol. The van der Waals surface area contributed by atoms with E-state index < -0.39 is 5.97 Å². The molecule has 2 aromatic rings. The Kier molecular flexibility index (Phi) is 8.69. The number of carboxylic acids is 1. The minimum Gasteiger partial charge on any atom is -0.478 e. The first-order valence-corrected chi connectivity index (χ1v) is 9.32. The molecular formula is C14H10Br2I2O3. The Hall–Kier alpha value is 0.290. The largest absolute Gasteiger partial charge is 0.478 e. The Morgan fingerprint density at radius 3 is 1.95 bits per heavy atom. The Bertz CT molecular complexity index is 648. The summed E-state index contributed by atoms with van der Waals surface area (Å²) in [4.78, 5) is 10.5. The number of carboxylic acid groups (broad SMARTS) is 1. The van der Waals surface area contributed by atoms with Gasteiger partial charge in [0, 0.05) is 16.1 Å². The van der Waals surface area contributed by atoms with Gasteiger partial charge in [-0.1, -0.05) is 15.9 Å². The minimum absolute atomic E-state index is 0.0947. The zero-order valence-corrected chi connectivity index (χ0v) is 18.0. The van der Waals surface area contributed by atoms with E-state index in [1.807, 2.05) is 24.3 Å². The van der Waals surface area contributed by atoms with Gasteiger partial charge in [-0.2, -0.15) is 0 Å². The molecule has 0 aliphatic heterocycles. The molecule has 0 aromatic heterocycles. The fourth-order valence-electron chi connectivity index (χ4n) is 1.33. The predicted molar refractivity (Wildman–Crippen MR) is 107 cm³/mol. The summed E-state index contributed by atoms with van der Waals surface area (Å²) in [5.41, 5.74) is 1.24. The normalized spacial score (nSPS) is 9.76. The van der Waals surface area contributed by atoms with Crippen LogP contribution in [0.4, 0.5) is 0 Å². The third-order valence-electron chi connectivity index (χ3n) is 2.34. The molecule has 0 unspecified atom stereocenters. The molecule has 112 valence electrons. The van der Waals surface area contributed by atoms with Gasteiger partial charge < -0.3 is 10.2 Å². The molecule has 0 aliphatic carbocycles. The molecule has 0 saturated carbocycles. The highest BCUT2D eigenvalue weighted by Crippen LogP contribution is 2.19. The summed E-state index contributed by atoms with van der Waals surface area (Å²) in [7, 11) is 0. The van der Waals surface area contributed by atoms with Crippen molar-refractivity contribution in [2.75, 3.05) is 0 Å². The Labute approximate surface area is 166 Å². The van der Waals surface area contributed by atoms with Gasteiger partial charge in [0.2, 0.25) is 0 Å². The molecule has 2 rings (SSSR count). The SMILES string of the molecule is O=C(O)c1cc(I)ccc1Br.OCc1cc(I)ccc1Br. The maximum absolute atomic E-state index is 10.5. The van der Waals surface area contributed by atoms with Crippen LogP contribution in [0.3, 0.4) is 0 Å². The van der Waals surface area contributed by atoms with E-state index in [1.54, 1.807) is 12.1 Å². The summed E-state index contributed by atoms with van der Waals surface area (Å²) in [6.07, 6.45) is 0. The van der Waals surface area contributed by atoms with Crippen LogP contribution in [-0.2, 0) is 6.61 Å². The van der Waals surface area contributed by atoms with Gasteiger partial charge in [0.05, 0.1) is 12.2 Å². The zero-order valence-electron chi connectivity index (χ0n) is 10.5. The number of aromatic carboxylic acids is 1. The monoisotopic (exact) mass is 638 g/mol. The molecule has 0 aliphatic rings. The summed E-state index contributed by atoms with van der Waals surface area (Å²) in [5, 5.41) is 17.5. The summed E-state index contributed by atoms with van der Waals surface area (Å²) in [6.45, 7) is 0.0947. The first-order valence-electron chi connectivity index (χ1n) is 5.58. The van der Waals surface area contributed by atoms with Crippen molar-refractivity contribution in [3.63, 3.8) is 0 Å². The molecule has 0 amide bonds. The number of aliphatic hydroxyl groups is 1. The van der Waals surface area contributed by atoms with Crippen molar-refractivity contribution in [1.82, 2.24) is 0 Å². The lowest BCUT2D eigenvalue weighted by Gasteiger charge is -1.99. The van der Waals surface area contributed by atoms with Crippen molar-refractivity contribution in [3.8, 4) is 0 Å². The molecule has 21 heavy (non-hydrogen) atoms. The maximum atomic E-state index is 10.5. The molecule has 0 fully saturated rings. The van der Waals surface area contributed by atoms with Crippen molar-refractivity contribution >= 4 is 83.0 Å². The lowest BCUT2D eigenvalue weighted by Crippen LogP contribution is -1.97. The molecular weight excluding hydrogens is 630 g/mol. The fraction of sp³-hybridized carbons (Fsp3) is 0.0714. The number of carbonyl (C=O) groups is 1. The van der Waals surface area contributed by atoms with Crippen LogP contribution in [0.2, 0.25) is 0 Å². The minimum atomic E-state index is -0.907. The van der Waals surface area contributed by atoms with Crippen LogP contribution in [0.5, 0.6) is 0 Å². The molecule has 0 heterocycles. The van der Waals surface area contributed by atoms with E-state index in [9.17, 15) is 4.79 Å². The van der Waals surface area contributed by atoms with Gasteiger partial charge >= 0.3 is 5.97 Å². The second-order valence-electron chi connectivity index (χ2n) is 3.82. The van der Waals surface area contributed by atoms with Gasteiger partial charge in [0.25, 0.3) is 0 Å². The van der Waals surface area contributed by atoms with Gasteiger partial charge in [-0.05, 0) is 103 Å². The molecule has 0 spiro atoms. The van der Waals surface area contributed by atoms with Crippen molar-refractivity contribution in [1.29, 1.82) is 0 Å². The van der Waals surface area contributed by atoms with E-state index in [0.29, 0.717) is 10.0 Å². The summed E-state index contributed by atoms with van der Waals surface area (Å²) in [5.74, 6) is -0.907. The van der Waals surface area contributed by atoms with Gasteiger partial charge in [-0.25, -0.2) is 4.79 Å². The summed E-state index contributed by atoms with van der Waals surface area (Å²) < 4.78 is 3.65. The topological polar surface area (TPSA) is 57.5 Å². The quantitative estimate of drug-likeness (QED) is 0.439. The molecule has 0 bridgehead atoms. The van der Waals surface area contributed by atoms with Crippen LogP contribution in [0.25, 0.3) is 0 Å². The molecule has 2 aromatic carbocycles. The Morgan fingerprint density at radius 1 is 1.00 bits per heavy atom. The van der Waals surface area contributed by atoms with Gasteiger partial charge in [-0.15, -0.1) is 0 Å². The van der Waals surface area contributed by atoms with Crippen molar-refractivity contribution in [2.45, 2.75) is 6.61 Å². The number of hydrogen-bond donors (Lipinski definition) is 2. The highest BCUT2D eigenvalue weighted by molar-refractivity contribution is 14.1. The number of benzene rings is 2.